The minimum Gasteiger partial charge on any atom is -0.448 e. The smallest absolute Gasteiger partial charge is 0.410 e. The van der Waals surface area contributed by atoms with E-state index in [-0.39, 0.29) is 31.7 Å². The highest BCUT2D eigenvalue weighted by Crippen LogP contribution is 2.07. The maximum Gasteiger partial charge on any atom is 0.410 e. The van der Waals surface area contributed by atoms with Gasteiger partial charge in [-0.15, -0.1) is 0 Å². The van der Waals surface area contributed by atoms with Crippen LogP contribution in [0.3, 0.4) is 0 Å². The Morgan fingerprint density at radius 1 is 0.743 bits per heavy atom. The number of carbonyl (C=O) groups is 3. The highest BCUT2D eigenvalue weighted by Gasteiger charge is 2.21. The van der Waals surface area contributed by atoms with E-state index in [1.165, 1.54) is 4.90 Å². The highest BCUT2D eigenvalue weighted by molar-refractivity contribution is 5.82. The van der Waals surface area contributed by atoms with Crippen molar-refractivity contribution in [3.05, 3.63) is 0 Å². The first-order valence-corrected chi connectivity index (χ1v) is 12.8. The lowest BCUT2D eigenvalue weighted by atomic mass is 10.1. The van der Waals surface area contributed by atoms with Crippen LogP contribution >= 0.6 is 0 Å². The quantitative estimate of drug-likeness (QED) is 0.113. The van der Waals surface area contributed by atoms with Gasteiger partial charge in [0.2, 0.25) is 5.91 Å². The molecule has 2 atom stereocenters. The fourth-order valence-electron chi connectivity index (χ4n) is 3.48. The van der Waals surface area contributed by atoms with Crippen LogP contribution in [-0.2, 0) is 14.3 Å². The Morgan fingerprint density at radius 2 is 1.31 bits per heavy atom. The average Bonchev–Trinajstić information content (AvgIpc) is 2.82. The van der Waals surface area contributed by atoms with Crippen LogP contribution in [0, 0.1) is 0 Å². The predicted octanol–water partition coefficient (Wildman–Crippen LogP) is 0.500. The molecule has 0 unspecified atom stereocenters. The van der Waals surface area contributed by atoms with Crippen molar-refractivity contribution in [1.29, 1.82) is 0 Å². The lowest BCUT2D eigenvalue weighted by Gasteiger charge is -2.24. The minimum absolute atomic E-state index is 0.0467. The van der Waals surface area contributed by atoms with Crippen LogP contribution in [0.4, 0.5) is 9.59 Å². The summed E-state index contributed by atoms with van der Waals surface area (Å²) in [5.41, 5.74) is 27.6. The van der Waals surface area contributed by atoms with Crippen LogP contribution < -0.4 is 34.0 Å². The molecule has 0 saturated heterocycles. The van der Waals surface area contributed by atoms with Crippen LogP contribution in [0.25, 0.3) is 0 Å². The van der Waals surface area contributed by atoms with Gasteiger partial charge in [0, 0.05) is 12.6 Å². The molecule has 3 amide bonds. The summed E-state index contributed by atoms with van der Waals surface area (Å²) in [5.74, 6) is -0.372. The zero-order valence-electron chi connectivity index (χ0n) is 21.3. The number of unbranched alkanes of at least 4 members (excludes halogenated alkanes) is 6. The lowest BCUT2D eigenvalue weighted by Crippen LogP contribution is -2.47. The number of amides is 3. The number of hydrogen-bond acceptors (Lipinski definition) is 9. The summed E-state index contributed by atoms with van der Waals surface area (Å²) in [6, 6.07) is -0.707. The van der Waals surface area contributed by atoms with Gasteiger partial charge < -0.3 is 43.5 Å². The van der Waals surface area contributed by atoms with Crippen LogP contribution in [0.2, 0.25) is 0 Å². The fraction of sp³-hybridized carbons (Fsp3) is 0.870. The number of rotatable bonds is 22. The molecule has 0 radical (unpaired) electrons. The molecule has 206 valence electrons. The van der Waals surface area contributed by atoms with Gasteiger partial charge in [-0.1, -0.05) is 32.1 Å². The van der Waals surface area contributed by atoms with Gasteiger partial charge in [-0.2, -0.15) is 0 Å². The molecule has 0 aliphatic heterocycles. The molecule has 12 heteroatoms. The standard InChI is InChI=1S/C23H49N7O5/c24-12-6-2-1-3-9-15-30(23(33)35-17-19(27)10-4-7-13-25)16-21(31)29-20(11-5-8-14-26)18-34-22(28)32/h19-20H,1-18,24-27H2,(H2,28,32)(H,29,31)/t19-,20+/m0/s1. The third-order valence-electron chi connectivity index (χ3n) is 5.47. The Morgan fingerprint density at radius 3 is 1.94 bits per heavy atom. The Bertz CT molecular complexity index is 568. The molecule has 0 heterocycles. The molecule has 0 spiro atoms. The second-order valence-corrected chi connectivity index (χ2v) is 8.78. The van der Waals surface area contributed by atoms with E-state index in [1.807, 2.05) is 0 Å². The van der Waals surface area contributed by atoms with Gasteiger partial charge in [-0.25, -0.2) is 9.59 Å². The van der Waals surface area contributed by atoms with Crippen LogP contribution in [0.5, 0.6) is 0 Å². The maximum atomic E-state index is 12.7. The van der Waals surface area contributed by atoms with Crippen LogP contribution in [0.15, 0.2) is 0 Å². The van der Waals surface area contributed by atoms with Gasteiger partial charge in [0.1, 0.15) is 19.8 Å². The molecule has 12 nitrogen and oxygen atoms in total. The number of primary amides is 1. The monoisotopic (exact) mass is 503 g/mol. The second kappa shape index (κ2) is 22.3. The molecule has 0 bridgehead atoms. The summed E-state index contributed by atoms with van der Waals surface area (Å²) in [5, 5.41) is 2.82. The third kappa shape index (κ3) is 19.8. The SMILES string of the molecule is NCCCCCCCN(CC(=O)N[C@H](CCCCN)COC(N)=O)C(=O)OC[C@@H](N)CCCCN. The molecule has 0 aromatic heterocycles. The Hall–Kier alpha value is -2.15. The number of nitrogens with zero attached hydrogens (tertiary/aromatic N) is 1. The molecule has 11 N–H and O–H groups in total. The fourth-order valence-corrected chi connectivity index (χ4v) is 3.48. The van der Waals surface area contributed by atoms with E-state index in [4.69, 9.17) is 38.1 Å². The van der Waals surface area contributed by atoms with Crippen molar-refractivity contribution in [3.63, 3.8) is 0 Å². The van der Waals surface area contributed by atoms with Gasteiger partial charge in [-0.3, -0.25) is 9.69 Å². The van der Waals surface area contributed by atoms with Crippen molar-refractivity contribution in [2.75, 3.05) is 45.9 Å². The van der Waals surface area contributed by atoms with E-state index in [2.05, 4.69) is 5.32 Å². The first-order valence-electron chi connectivity index (χ1n) is 12.8. The van der Waals surface area contributed by atoms with Crippen LogP contribution in [0.1, 0.15) is 70.6 Å². The molecular weight excluding hydrogens is 454 g/mol. The van der Waals surface area contributed by atoms with Crippen molar-refractivity contribution >= 4 is 18.1 Å². The average molecular weight is 504 g/mol. The Kier molecular flexibility index (Phi) is 21.0. The molecule has 0 aliphatic carbocycles. The van der Waals surface area contributed by atoms with Crippen molar-refractivity contribution in [3.8, 4) is 0 Å². The zero-order chi connectivity index (χ0) is 26.3. The first-order chi connectivity index (χ1) is 16.8. The number of carbonyl (C=O) groups excluding carboxylic acids is 3. The number of ether oxygens (including phenoxy) is 2. The van der Waals surface area contributed by atoms with Gasteiger partial charge in [0.25, 0.3) is 0 Å². The van der Waals surface area contributed by atoms with E-state index in [0.29, 0.717) is 39.0 Å². The summed E-state index contributed by atoms with van der Waals surface area (Å²) in [6.45, 7) is 2.02. The van der Waals surface area contributed by atoms with E-state index >= 15 is 0 Å². The van der Waals surface area contributed by atoms with E-state index in [9.17, 15) is 14.4 Å². The zero-order valence-corrected chi connectivity index (χ0v) is 21.3. The molecule has 0 fully saturated rings. The summed E-state index contributed by atoms with van der Waals surface area (Å²) < 4.78 is 10.3. The van der Waals surface area contributed by atoms with E-state index in [1.54, 1.807) is 0 Å². The molecule has 0 saturated carbocycles. The first kappa shape index (κ1) is 32.8. The highest BCUT2D eigenvalue weighted by atomic mass is 16.6. The van der Waals surface area contributed by atoms with Gasteiger partial charge >= 0.3 is 12.2 Å². The van der Waals surface area contributed by atoms with E-state index < -0.39 is 18.2 Å². The molecule has 0 aromatic carbocycles. The lowest BCUT2D eigenvalue weighted by molar-refractivity contribution is -0.123. The number of nitrogens with two attached hydrogens (primary N) is 5. The van der Waals surface area contributed by atoms with Gasteiger partial charge in [-0.05, 0) is 58.2 Å². The van der Waals surface area contributed by atoms with Crippen LogP contribution in [-0.4, -0.2) is 81.0 Å². The van der Waals surface area contributed by atoms with Crippen molar-refractivity contribution in [2.24, 2.45) is 28.7 Å². The molecule has 0 aliphatic rings. The van der Waals surface area contributed by atoms with E-state index in [0.717, 1.165) is 57.8 Å². The summed E-state index contributed by atoms with van der Waals surface area (Å²) >= 11 is 0. The summed E-state index contributed by atoms with van der Waals surface area (Å²) in [6.07, 6.45) is 7.69. The summed E-state index contributed by atoms with van der Waals surface area (Å²) in [7, 11) is 0. The van der Waals surface area contributed by atoms with Crippen molar-refractivity contribution in [2.45, 2.75) is 82.7 Å². The van der Waals surface area contributed by atoms with Gasteiger partial charge in [0.15, 0.2) is 0 Å². The topological polar surface area (TPSA) is 215 Å². The normalized spacial score (nSPS) is 12.6. The third-order valence-corrected chi connectivity index (χ3v) is 5.47. The van der Waals surface area contributed by atoms with Crippen molar-refractivity contribution < 1.29 is 23.9 Å². The maximum absolute atomic E-state index is 12.7. The molecular formula is C23H49N7O5. The molecule has 35 heavy (non-hydrogen) atoms. The molecule has 0 rings (SSSR count). The molecule has 0 aromatic rings. The second-order valence-electron chi connectivity index (χ2n) is 8.78. The van der Waals surface area contributed by atoms with Gasteiger partial charge in [0.05, 0.1) is 6.04 Å². The Balaban J connectivity index is 4.88. The number of nitrogens with one attached hydrogen (secondary N) is 1. The summed E-state index contributed by atoms with van der Waals surface area (Å²) in [4.78, 5) is 37.8. The minimum atomic E-state index is -0.911. The predicted molar refractivity (Wildman–Crippen MR) is 136 cm³/mol. The number of hydrogen-bond donors (Lipinski definition) is 6. The Labute approximate surface area is 209 Å². The largest absolute Gasteiger partial charge is 0.448 e. The van der Waals surface area contributed by atoms with Crippen molar-refractivity contribution in [1.82, 2.24) is 10.2 Å².